The number of hydrogen-bond donors (Lipinski definition) is 0. The maximum atomic E-state index is 12.6. The van der Waals surface area contributed by atoms with Crippen LogP contribution >= 0.6 is 0 Å². The van der Waals surface area contributed by atoms with Crippen molar-refractivity contribution in [1.82, 2.24) is 9.97 Å². The monoisotopic (exact) mass is 423 g/mol. The maximum Gasteiger partial charge on any atom is 0.343 e. The van der Waals surface area contributed by atoms with Crippen LogP contribution in [-0.4, -0.2) is 27.8 Å². The molecular weight excluding hydrogens is 406 g/mol. The predicted octanol–water partition coefficient (Wildman–Crippen LogP) is 4.27. The molecule has 0 fully saturated rings. The summed E-state index contributed by atoms with van der Waals surface area (Å²) < 4.78 is 5.48. The smallest absolute Gasteiger partial charge is 0.343 e. The Bertz CT molecular complexity index is 1390. The number of esters is 1. The quantitative estimate of drug-likeness (QED) is 0.278. The van der Waals surface area contributed by atoms with E-state index in [2.05, 4.69) is 9.97 Å². The number of imide groups is 1. The van der Waals surface area contributed by atoms with Gasteiger partial charge in [0.05, 0.1) is 44.8 Å². The first kappa shape index (κ1) is 19.6. The highest BCUT2D eigenvalue weighted by Gasteiger charge is 2.36. The number of amides is 2. The molecule has 0 radical (unpaired) electrons. The summed E-state index contributed by atoms with van der Waals surface area (Å²) in [6.45, 7) is 3.76. The SMILES string of the molecule is Cc1nc2ccc(OC(=O)c3ccc(N4C(=O)c5ccccc5C4=O)cc3)cc2nc1C. The number of benzene rings is 3. The Hall–Kier alpha value is -4.39. The van der Waals surface area contributed by atoms with Crippen LogP contribution in [0.25, 0.3) is 11.0 Å². The molecule has 2 amide bonds. The summed E-state index contributed by atoms with van der Waals surface area (Å²) in [5.74, 6) is -0.980. The molecule has 0 atom stereocenters. The Balaban J connectivity index is 1.36. The molecule has 1 aliphatic heterocycles. The molecule has 0 aliphatic carbocycles. The van der Waals surface area contributed by atoms with Crippen molar-refractivity contribution in [2.75, 3.05) is 4.90 Å². The van der Waals surface area contributed by atoms with E-state index in [-0.39, 0.29) is 17.4 Å². The number of anilines is 1. The summed E-state index contributed by atoms with van der Waals surface area (Å²) in [5.41, 5.74) is 4.43. The first-order valence-corrected chi connectivity index (χ1v) is 9.97. The third-order valence-corrected chi connectivity index (χ3v) is 5.41. The van der Waals surface area contributed by atoms with Crippen molar-refractivity contribution in [3.05, 3.63) is 94.8 Å². The lowest BCUT2D eigenvalue weighted by Gasteiger charge is -2.14. The summed E-state index contributed by atoms with van der Waals surface area (Å²) in [5, 5.41) is 0. The minimum absolute atomic E-state index is 0.289. The number of carbonyl (C=O) groups is 3. The Labute approximate surface area is 183 Å². The second-order valence-electron chi connectivity index (χ2n) is 7.47. The summed E-state index contributed by atoms with van der Waals surface area (Å²) in [4.78, 5) is 47.9. The fourth-order valence-electron chi connectivity index (χ4n) is 3.61. The number of fused-ring (bicyclic) bond motifs is 2. The molecule has 7 heteroatoms. The number of carbonyl (C=O) groups excluding carboxylic acids is 3. The summed E-state index contributed by atoms with van der Waals surface area (Å²) in [6.07, 6.45) is 0. The van der Waals surface area contributed by atoms with Crippen LogP contribution in [0.4, 0.5) is 5.69 Å². The summed E-state index contributed by atoms with van der Waals surface area (Å²) in [6, 6.07) is 17.9. The Morgan fingerprint density at radius 1 is 0.781 bits per heavy atom. The van der Waals surface area contributed by atoms with Gasteiger partial charge in [0, 0.05) is 6.07 Å². The summed E-state index contributed by atoms with van der Waals surface area (Å²) in [7, 11) is 0. The standard InChI is InChI=1S/C25H17N3O4/c1-14-15(2)27-22-13-18(11-12-21(22)26-14)32-25(31)16-7-9-17(10-8-16)28-23(29)19-5-3-4-6-20(19)24(28)30/h3-13H,1-2H3. The van der Waals surface area contributed by atoms with Gasteiger partial charge >= 0.3 is 5.97 Å². The Morgan fingerprint density at radius 2 is 1.38 bits per heavy atom. The van der Waals surface area contributed by atoms with Gasteiger partial charge in [0.1, 0.15) is 5.75 Å². The molecule has 4 aromatic rings. The molecule has 3 aromatic carbocycles. The normalized spacial score (nSPS) is 12.9. The van der Waals surface area contributed by atoms with Crippen molar-refractivity contribution in [1.29, 1.82) is 0 Å². The molecule has 32 heavy (non-hydrogen) atoms. The topological polar surface area (TPSA) is 89.5 Å². The van der Waals surface area contributed by atoms with Gasteiger partial charge < -0.3 is 4.74 Å². The average molecular weight is 423 g/mol. The van der Waals surface area contributed by atoms with E-state index in [0.29, 0.717) is 28.1 Å². The van der Waals surface area contributed by atoms with E-state index in [4.69, 9.17) is 4.74 Å². The number of aromatic nitrogens is 2. The van der Waals surface area contributed by atoms with E-state index < -0.39 is 5.97 Å². The molecule has 0 saturated heterocycles. The van der Waals surface area contributed by atoms with Crippen molar-refractivity contribution in [2.45, 2.75) is 13.8 Å². The molecule has 5 rings (SSSR count). The number of aryl methyl sites for hydroxylation is 2. The second kappa shape index (κ2) is 7.39. The lowest BCUT2D eigenvalue weighted by Crippen LogP contribution is -2.29. The average Bonchev–Trinajstić information content (AvgIpc) is 3.05. The van der Waals surface area contributed by atoms with Crippen LogP contribution in [0.5, 0.6) is 5.75 Å². The van der Waals surface area contributed by atoms with Gasteiger partial charge in [-0.15, -0.1) is 0 Å². The molecular formula is C25H17N3O4. The van der Waals surface area contributed by atoms with Gasteiger partial charge in [-0.05, 0) is 62.4 Å². The molecule has 156 valence electrons. The fourth-order valence-corrected chi connectivity index (χ4v) is 3.61. The Kier molecular flexibility index (Phi) is 4.52. The maximum absolute atomic E-state index is 12.6. The van der Waals surface area contributed by atoms with E-state index in [1.807, 2.05) is 13.8 Å². The van der Waals surface area contributed by atoms with E-state index >= 15 is 0 Å². The lowest BCUT2D eigenvalue weighted by molar-refractivity contribution is 0.0734. The molecule has 0 unspecified atom stereocenters. The van der Waals surface area contributed by atoms with E-state index in [9.17, 15) is 14.4 Å². The molecule has 0 spiro atoms. The first-order valence-electron chi connectivity index (χ1n) is 9.97. The fraction of sp³-hybridized carbons (Fsp3) is 0.0800. The minimum Gasteiger partial charge on any atom is -0.423 e. The van der Waals surface area contributed by atoms with Crippen molar-refractivity contribution in [2.24, 2.45) is 0 Å². The number of hydrogen-bond acceptors (Lipinski definition) is 6. The van der Waals surface area contributed by atoms with E-state index in [0.717, 1.165) is 21.8 Å². The first-order chi connectivity index (χ1) is 15.4. The van der Waals surface area contributed by atoms with Gasteiger partial charge in [-0.25, -0.2) is 19.7 Å². The highest BCUT2D eigenvalue weighted by atomic mass is 16.5. The van der Waals surface area contributed by atoms with Crippen molar-refractivity contribution < 1.29 is 19.1 Å². The molecule has 7 nitrogen and oxygen atoms in total. The highest BCUT2D eigenvalue weighted by molar-refractivity contribution is 6.34. The van der Waals surface area contributed by atoms with Crippen LogP contribution in [-0.2, 0) is 0 Å². The predicted molar refractivity (Wildman–Crippen MR) is 118 cm³/mol. The van der Waals surface area contributed by atoms with Gasteiger partial charge in [-0.3, -0.25) is 9.59 Å². The van der Waals surface area contributed by atoms with Gasteiger partial charge in [0.25, 0.3) is 11.8 Å². The van der Waals surface area contributed by atoms with Gasteiger partial charge in [-0.1, -0.05) is 12.1 Å². The molecule has 0 N–H and O–H groups in total. The van der Waals surface area contributed by atoms with Crippen LogP contribution in [0.1, 0.15) is 42.5 Å². The summed E-state index contributed by atoms with van der Waals surface area (Å²) >= 11 is 0. The number of nitrogens with zero attached hydrogens (tertiary/aromatic N) is 3. The zero-order valence-electron chi connectivity index (χ0n) is 17.3. The number of rotatable bonds is 3. The van der Waals surface area contributed by atoms with Gasteiger partial charge in [-0.2, -0.15) is 0 Å². The molecule has 1 aromatic heterocycles. The van der Waals surface area contributed by atoms with Crippen LogP contribution in [0.15, 0.2) is 66.7 Å². The molecule has 0 saturated carbocycles. The van der Waals surface area contributed by atoms with Gasteiger partial charge in [0.15, 0.2) is 0 Å². The largest absolute Gasteiger partial charge is 0.423 e. The van der Waals surface area contributed by atoms with E-state index in [1.54, 1.807) is 54.6 Å². The second-order valence-corrected chi connectivity index (χ2v) is 7.47. The zero-order chi connectivity index (χ0) is 22.4. The number of ether oxygens (including phenoxy) is 1. The minimum atomic E-state index is -0.560. The highest BCUT2D eigenvalue weighted by Crippen LogP contribution is 2.28. The lowest BCUT2D eigenvalue weighted by atomic mass is 10.1. The van der Waals surface area contributed by atoms with Crippen LogP contribution in [0.3, 0.4) is 0 Å². The van der Waals surface area contributed by atoms with Crippen molar-refractivity contribution >= 4 is 34.5 Å². The molecule has 2 heterocycles. The van der Waals surface area contributed by atoms with Crippen LogP contribution in [0.2, 0.25) is 0 Å². The third kappa shape index (κ3) is 3.20. The van der Waals surface area contributed by atoms with Crippen LogP contribution < -0.4 is 9.64 Å². The zero-order valence-corrected chi connectivity index (χ0v) is 17.3. The molecule has 0 bridgehead atoms. The Morgan fingerprint density at radius 3 is 2.00 bits per heavy atom. The third-order valence-electron chi connectivity index (χ3n) is 5.41. The molecule has 1 aliphatic rings. The van der Waals surface area contributed by atoms with Crippen molar-refractivity contribution in [3.63, 3.8) is 0 Å². The van der Waals surface area contributed by atoms with Crippen LogP contribution in [0, 0.1) is 13.8 Å². The van der Waals surface area contributed by atoms with E-state index in [1.165, 1.54) is 12.1 Å². The van der Waals surface area contributed by atoms with Crippen molar-refractivity contribution in [3.8, 4) is 5.75 Å². The van der Waals surface area contributed by atoms with Gasteiger partial charge in [0.2, 0.25) is 0 Å².